The van der Waals surface area contributed by atoms with Gasteiger partial charge in [0.1, 0.15) is 0 Å². The number of hydrogen-bond donors (Lipinski definition) is 1. The van der Waals surface area contributed by atoms with E-state index in [1.54, 1.807) is 18.4 Å². The van der Waals surface area contributed by atoms with Crippen LogP contribution in [0.2, 0.25) is 0 Å². The number of amides is 1. The van der Waals surface area contributed by atoms with E-state index in [-0.39, 0.29) is 17.9 Å². The molecule has 0 saturated heterocycles. The summed E-state index contributed by atoms with van der Waals surface area (Å²) in [6, 6.07) is 4.10. The second-order valence-electron chi connectivity index (χ2n) is 4.05. The van der Waals surface area contributed by atoms with Crippen molar-refractivity contribution in [2.24, 2.45) is 0 Å². The van der Waals surface area contributed by atoms with Crippen LogP contribution in [0.1, 0.15) is 31.1 Å². The molecule has 1 aromatic heterocycles. The van der Waals surface area contributed by atoms with Crippen LogP contribution in [0.15, 0.2) is 15.9 Å². The molecule has 96 valence electrons. The third kappa shape index (κ3) is 4.77. The molecule has 1 amide bonds. The van der Waals surface area contributed by atoms with Crippen LogP contribution >= 0.6 is 27.3 Å². The Morgan fingerprint density at radius 2 is 2.24 bits per heavy atom. The Morgan fingerprint density at radius 3 is 2.76 bits per heavy atom. The quantitative estimate of drug-likeness (QED) is 0.874. The lowest BCUT2D eigenvalue weighted by Crippen LogP contribution is -2.35. The summed E-state index contributed by atoms with van der Waals surface area (Å²) < 4.78 is 6.04. The molecule has 3 nitrogen and oxygen atoms in total. The summed E-state index contributed by atoms with van der Waals surface area (Å²) in [4.78, 5) is 13.0. The van der Waals surface area contributed by atoms with Crippen molar-refractivity contribution in [1.82, 2.24) is 5.32 Å². The van der Waals surface area contributed by atoms with Crippen molar-refractivity contribution in [2.75, 3.05) is 13.7 Å². The van der Waals surface area contributed by atoms with Gasteiger partial charge in [-0.1, -0.05) is 0 Å². The Bertz CT molecular complexity index is 367. The summed E-state index contributed by atoms with van der Waals surface area (Å²) in [7, 11) is 1.67. The van der Waals surface area contributed by atoms with Gasteiger partial charge in [0.05, 0.1) is 9.70 Å². The molecule has 0 radical (unpaired) electrons. The lowest BCUT2D eigenvalue weighted by Gasteiger charge is -2.16. The summed E-state index contributed by atoms with van der Waals surface area (Å²) in [5.41, 5.74) is 0. The zero-order valence-corrected chi connectivity index (χ0v) is 12.7. The van der Waals surface area contributed by atoms with Crippen molar-refractivity contribution in [3.8, 4) is 0 Å². The Kier molecular flexibility index (Phi) is 6.16. The molecule has 0 fully saturated rings. The van der Waals surface area contributed by atoms with Gasteiger partial charge in [-0.05, 0) is 48.3 Å². The third-order valence-electron chi connectivity index (χ3n) is 2.56. The minimum absolute atomic E-state index is 0.0722. The van der Waals surface area contributed by atoms with Gasteiger partial charge >= 0.3 is 0 Å². The number of thiophene rings is 1. The minimum Gasteiger partial charge on any atom is -0.385 e. The van der Waals surface area contributed by atoms with Gasteiger partial charge < -0.3 is 10.1 Å². The second kappa shape index (κ2) is 7.13. The van der Waals surface area contributed by atoms with E-state index < -0.39 is 0 Å². The molecule has 17 heavy (non-hydrogen) atoms. The van der Waals surface area contributed by atoms with E-state index in [2.05, 4.69) is 21.2 Å². The molecule has 0 aliphatic carbocycles. The van der Waals surface area contributed by atoms with Gasteiger partial charge in [0, 0.05) is 24.6 Å². The molecule has 1 rings (SSSR count). The Hall–Kier alpha value is -0.390. The zero-order valence-electron chi connectivity index (χ0n) is 10.3. The summed E-state index contributed by atoms with van der Waals surface area (Å²) in [6.45, 7) is 4.59. The van der Waals surface area contributed by atoms with Crippen molar-refractivity contribution in [3.63, 3.8) is 0 Å². The Morgan fingerprint density at radius 1 is 1.53 bits per heavy atom. The number of nitrogens with one attached hydrogen (secondary N) is 1. The van der Waals surface area contributed by atoms with E-state index in [0.717, 1.165) is 15.1 Å². The van der Waals surface area contributed by atoms with E-state index in [0.29, 0.717) is 6.61 Å². The molecule has 0 aliphatic rings. The van der Waals surface area contributed by atoms with Gasteiger partial charge in [-0.25, -0.2) is 0 Å². The number of ether oxygens (including phenoxy) is 1. The van der Waals surface area contributed by atoms with Crippen LogP contribution in [0.4, 0.5) is 0 Å². The first-order chi connectivity index (χ1) is 8.04. The molecule has 0 saturated carbocycles. The summed E-state index contributed by atoms with van der Waals surface area (Å²) in [5.74, 6) is -0.0285. The molecule has 0 aromatic carbocycles. The van der Waals surface area contributed by atoms with Gasteiger partial charge in [-0.2, -0.15) is 0 Å². The number of carbonyl (C=O) groups is 1. The molecule has 1 aromatic rings. The van der Waals surface area contributed by atoms with Crippen LogP contribution in [0, 0.1) is 0 Å². The summed E-state index contributed by atoms with van der Waals surface area (Å²) in [5, 5.41) is 2.99. The molecule has 0 aliphatic heterocycles. The Balaban J connectivity index is 2.47. The summed E-state index contributed by atoms with van der Waals surface area (Å²) >= 11 is 5.01. The molecule has 0 spiro atoms. The van der Waals surface area contributed by atoms with Crippen molar-refractivity contribution < 1.29 is 9.53 Å². The highest BCUT2D eigenvalue weighted by Gasteiger charge is 2.18. The highest BCUT2D eigenvalue weighted by atomic mass is 79.9. The van der Waals surface area contributed by atoms with Crippen molar-refractivity contribution in [1.29, 1.82) is 0 Å². The van der Waals surface area contributed by atoms with Crippen LogP contribution < -0.4 is 5.32 Å². The van der Waals surface area contributed by atoms with E-state index >= 15 is 0 Å². The maximum absolute atomic E-state index is 12.0. The average Bonchev–Trinajstić information content (AvgIpc) is 2.72. The largest absolute Gasteiger partial charge is 0.385 e. The topological polar surface area (TPSA) is 38.3 Å². The molecule has 2 atom stereocenters. The maximum Gasteiger partial charge on any atom is 0.228 e. The van der Waals surface area contributed by atoms with Gasteiger partial charge in [0.25, 0.3) is 0 Å². The molecular weight excluding hydrogens is 302 g/mol. The predicted octanol–water partition coefficient (Wildman–Crippen LogP) is 3.16. The standard InChI is InChI=1S/C12H18BrNO2S/c1-8(6-7-16-3)14-12(15)9(2)10-4-5-11(13)17-10/h4-5,8-9H,6-7H2,1-3H3,(H,14,15)/t8-,9+/m1/s1. The van der Waals surface area contributed by atoms with Crippen LogP contribution in [0.5, 0.6) is 0 Å². The molecule has 1 heterocycles. The van der Waals surface area contributed by atoms with Crippen molar-refractivity contribution in [3.05, 3.63) is 20.8 Å². The van der Waals surface area contributed by atoms with E-state index in [4.69, 9.17) is 4.74 Å². The first-order valence-corrected chi connectivity index (χ1v) is 7.20. The van der Waals surface area contributed by atoms with Crippen LogP contribution in [-0.4, -0.2) is 25.7 Å². The van der Waals surface area contributed by atoms with Crippen LogP contribution in [0.3, 0.4) is 0 Å². The second-order valence-corrected chi connectivity index (χ2v) is 6.55. The van der Waals surface area contributed by atoms with Gasteiger partial charge in [0.15, 0.2) is 0 Å². The summed E-state index contributed by atoms with van der Waals surface area (Å²) in [6.07, 6.45) is 0.836. The van der Waals surface area contributed by atoms with Gasteiger partial charge in [-0.15, -0.1) is 11.3 Å². The fourth-order valence-corrected chi connectivity index (χ4v) is 2.90. The minimum atomic E-state index is -0.101. The lowest BCUT2D eigenvalue weighted by atomic mass is 10.1. The molecule has 5 heteroatoms. The monoisotopic (exact) mass is 319 g/mol. The number of rotatable bonds is 6. The predicted molar refractivity (Wildman–Crippen MR) is 74.5 cm³/mol. The average molecular weight is 320 g/mol. The van der Waals surface area contributed by atoms with Gasteiger partial charge in [0.2, 0.25) is 5.91 Å². The SMILES string of the molecule is COCC[C@@H](C)NC(=O)[C@@H](C)c1ccc(Br)s1. The highest BCUT2D eigenvalue weighted by molar-refractivity contribution is 9.11. The van der Waals surface area contributed by atoms with E-state index in [9.17, 15) is 4.79 Å². The number of hydrogen-bond acceptors (Lipinski definition) is 3. The fourth-order valence-electron chi connectivity index (χ4n) is 1.42. The normalized spacial score (nSPS) is 14.4. The Labute approximate surface area is 115 Å². The van der Waals surface area contributed by atoms with E-state index in [1.807, 2.05) is 26.0 Å². The van der Waals surface area contributed by atoms with Crippen LogP contribution in [-0.2, 0) is 9.53 Å². The van der Waals surface area contributed by atoms with Crippen molar-refractivity contribution in [2.45, 2.75) is 32.2 Å². The number of halogens is 1. The fraction of sp³-hybridized carbons (Fsp3) is 0.583. The number of methoxy groups -OCH3 is 1. The number of carbonyl (C=O) groups excluding carboxylic acids is 1. The third-order valence-corrected chi connectivity index (χ3v) is 4.36. The first kappa shape index (κ1) is 14.7. The zero-order chi connectivity index (χ0) is 12.8. The molecule has 0 unspecified atom stereocenters. The highest BCUT2D eigenvalue weighted by Crippen LogP contribution is 2.28. The smallest absolute Gasteiger partial charge is 0.228 e. The maximum atomic E-state index is 12.0. The van der Waals surface area contributed by atoms with Crippen LogP contribution in [0.25, 0.3) is 0 Å². The van der Waals surface area contributed by atoms with E-state index in [1.165, 1.54) is 0 Å². The lowest BCUT2D eigenvalue weighted by molar-refractivity contribution is -0.122. The molecular formula is C12H18BrNO2S. The first-order valence-electron chi connectivity index (χ1n) is 5.59. The molecule has 0 bridgehead atoms. The van der Waals surface area contributed by atoms with Gasteiger partial charge in [-0.3, -0.25) is 4.79 Å². The molecule has 1 N–H and O–H groups in total. The van der Waals surface area contributed by atoms with Crippen molar-refractivity contribution >= 4 is 33.2 Å².